The van der Waals surface area contributed by atoms with E-state index in [0.717, 1.165) is 5.75 Å². The molecule has 2 aromatic rings. The molecule has 1 fully saturated rings. The molecule has 0 bridgehead atoms. The average Bonchev–Trinajstić information content (AvgIpc) is 3.00. The Morgan fingerprint density at radius 1 is 1.10 bits per heavy atom. The van der Waals surface area contributed by atoms with E-state index in [4.69, 9.17) is 9.47 Å². The fourth-order valence-corrected chi connectivity index (χ4v) is 5.17. The second kappa shape index (κ2) is 6.06. The Hall–Kier alpha value is -1.19. The summed E-state index contributed by atoms with van der Waals surface area (Å²) in [6.07, 6.45) is 2.53. The normalized spacial score (nSPS) is 17.5. The fraction of sp³-hybridized carbons (Fsp3) is 0.412. The van der Waals surface area contributed by atoms with Gasteiger partial charge in [0.25, 0.3) is 0 Å². The Balaban J connectivity index is 1.99. The minimum atomic E-state index is -0.214. The maximum Gasteiger partial charge on any atom is 0.196 e. The molecule has 0 aromatic heterocycles. The molecule has 0 radical (unpaired) electrons. The van der Waals surface area contributed by atoms with E-state index in [-0.39, 0.29) is 6.29 Å². The van der Waals surface area contributed by atoms with Crippen LogP contribution in [-0.4, -0.2) is 24.9 Å². The Morgan fingerprint density at radius 3 is 2.65 bits per heavy atom. The van der Waals surface area contributed by atoms with Crippen molar-refractivity contribution >= 4 is 21.7 Å². The smallest absolute Gasteiger partial charge is 0.196 e. The average molecular weight is 289 g/mol. The van der Waals surface area contributed by atoms with Gasteiger partial charge in [0.2, 0.25) is 0 Å². The number of rotatable bonds is 4. The van der Waals surface area contributed by atoms with E-state index in [9.17, 15) is 0 Å². The van der Waals surface area contributed by atoms with Gasteiger partial charge in [-0.15, -0.1) is 0 Å². The van der Waals surface area contributed by atoms with Crippen LogP contribution in [-0.2, 0) is 15.6 Å². The quantitative estimate of drug-likeness (QED) is 0.626. The Morgan fingerprint density at radius 2 is 1.90 bits per heavy atom. The monoisotopic (exact) mass is 289 g/mol. The van der Waals surface area contributed by atoms with Gasteiger partial charge in [-0.05, 0) is 43.4 Å². The highest BCUT2D eigenvalue weighted by molar-refractivity contribution is 7.97. The van der Waals surface area contributed by atoms with Gasteiger partial charge in [0.1, 0.15) is 17.3 Å². The standard InChI is InChI=1S/C17H21O2S/c1-13(18-2)19-15-9-8-14-6-5-7-17(16(14)12-15)20-10-3-4-11-20/h5-9,12-13H,3-4,10-11H2,1-2H3/q+1. The minimum absolute atomic E-state index is 0.214. The molecule has 106 valence electrons. The van der Waals surface area contributed by atoms with Crippen LogP contribution >= 0.6 is 0 Å². The molecular weight excluding hydrogens is 268 g/mol. The van der Waals surface area contributed by atoms with Crippen molar-refractivity contribution in [3.63, 3.8) is 0 Å². The van der Waals surface area contributed by atoms with Crippen molar-refractivity contribution < 1.29 is 9.47 Å². The highest BCUT2D eigenvalue weighted by Crippen LogP contribution is 2.32. The third kappa shape index (κ3) is 2.79. The van der Waals surface area contributed by atoms with Crippen molar-refractivity contribution in [2.75, 3.05) is 18.6 Å². The minimum Gasteiger partial charge on any atom is -0.465 e. The summed E-state index contributed by atoms with van der Waals surface area (Å²) in [5, 5.41) is 2.65. The molecule has 1 heterocycles. The van der Waals surface area contributed by atoms with Crippen LogP contribution in [0.15, 0.2) is 41.3 Å². The first-order chi connectivity index (χ1) is 9.78. The zero-order chi connectivity index (χ0) is 13.9. The SMILES string of the molecule is COC(C)Oc1ccc2cccc([S+]3CCCC3)c2c1. The fourth-order valence-electron chi connectivity index (χ4n) is 2.66. The van der Waals surface area contributed by atoms with Gasteiger partial charge in [-0.3, -0.25) is 0 Å². The van der Waals surface area contributed by atoms with Gasteiger partial charge in [-0.2, -0.15) is 0 Å². The lowest BCUT2D eigenvalue weighted by molar-refractivity contribution is -0.0382. The molecule has 0 N–H and O–H groups in total. The molecule has 0 aliphatic carbocycles. The van der Waals surface area contributed by atoms with E-state index < -0.39 is 0 Å². The van der Waals surface area contributed by atoms with E-state index in [1.54, 1.807) is 7.11 Å². The van der Waals surface area contributed by atoms with Crippen molar-refractivity contribution in [1.29, 1.82) is 0 Å². The van der Waals surface area contributed by atoms with Gasteiger partial charge in [-0.1, -0.05) is 18.2 Å². The summed E-state index contributed by atoms with van der Waals surface area (Å²) in [4.78, 5) is 1.51. The Kier molecular flexibility index (Phi) is 4.18. The van der Waals surface area contributed by atoms with Crippen molar-refractivity contribution in [3.05, 3.63) is 36.4 Å². The molecule has 1 aliphatic rings. The van der Waals surface area contributed by atoms with E-state index >= 15 is 0 Å². The summed E-state index contributed by atoms with van der Waals surface area (Å²) in [6.45, 7) is 1.91. The first kappa shape index (κ1) is 13.8. The van der Waals surface area contributed by atoms with Crippen LogP contribution in [0.4, 0.5) is 0 Å². The lowest BCUT2D eigenvalue weighted by atomic mass is 10.1. The van der Waals surface area contributed by atoms with Crippen molar-refractivity contribution in [3.8, 4) is 5.75 Å². The topological polar surface area (TPSA) is 18.5 Å². The van der Waals surface area contributed by atoms with Crippen molar-refractivity contribution in [2.24, 2.45) is 0 Å². The summed E-state index contributed by atoms with van der Waals surface area (Å²) in [7, 11) is 2.09. The summed E-state index contributed by atoms with van der Waals surface area (Å²) < 4.78 is 10.9. The second-order valence-corrected chi connectivity index (χ2v) is 7.41. The summed E-state index contributed by atoms with van der Waals surface area (Å²) >= 11 is 0. The summed E-state index contributed by atoms with van der Waals surface area (Å²) in [5.41, 5.74) is 0. The Bertz CT molecular complexity index is 591. The predicted molar refractivity (Wildman–Crippen MR) is 85.6 cm³/mol. The van der Waals surface area contributed by atoms with Crippen LogP contribution in [0.5, 0.6) is 5.75 Å². The largest absolute Gasteiger partial charge is 0.465 e. The number of hydrogen-bond acceptors (Lipinski definition) is 2. The van der Waals surface area contributed by atoms with Crippen LogP contribution in [0.3, 0.4) is 0 Å². The third-order valence-electron chi connectivity index (χ3n) is 3.79. The molecule has 0 amide bonds. The van der Waals surface area contributed by atoms with Gasteiger partial charge in [-0.25, -0.2) is 0 Å². The van der Waals surface area contributed by atoms with Gasteiger partial charge in [0.15, 0.2) is 11.2 Å². The molecular formula is C17H21O2S+. The molecule has 0 spiro atoms. The molecule has 20 heavy (non-hydrogen) atoms. The molecule has 3 heteroatoms. The number of ether oxygens (including phenoxy) is 2. The van der Waals surface area contributed by atoms with Crippen molar-refractivity contribution in [2.45, 2.75) is 31.0 Å². The third-order valence-corrected chi connectivity index (χ3v) is 6.33. The maximum atomic E-state index is 5.77. The van der Waals surface area contributed by atoms with Crippen LogP contribution in [0.25, 0.3) is 10.8 Å². The van der Waals surface area contributed by atoms with Gasteiger partial charge < -0.3 is 9.47 Å². The lowest BCUT2D eigenvalue weighted by Crippen LogP contribution is -2.13. The maximum absolute atomic E-state index is 5.77. The van der Waals surface area contributed by atoms with Gasteiger partial charge in [0, 0.05) is 23.4 Å². The molecule has 1 saturated heterocycles. The zero-order valence-electron chi connectivity index (χ0n) is 12.1. The predicted octanol–water partition coefficient (Wildman–Crippen LogP) is 3.98. The molecule has 1 aliphatic heterocycles. The highest BCUT2D eigenvalue weighted by Gasteiger charge is 2.28. The van der Waals surface area contributed by atoms with E-state index in [1.165, 1.54) is 40.0 Å². The summed E-state index contributed by atoms with van der Waals surface area (Å²) in [6, 6.07) is 13.0. The lowest BCUT2D eigenvalue weighted by Gasteiger charge is -2.13. The first-order valence-corrected chi connectivity index (χ1v) is 8.74. The molecule has 3 rings (SSSR count). The number of hydrogen-bond donors (Lipinski definition) is 0. The zero-order valence-corrected chi connectivity index (χ0v) is 12.9. The van der Waals surface area contributed by atoms with Gasteiger partial charge in [0.05, 0.1) is 0 Å². The molecule has 2 nitrogen and oxygen atoms in total. The van der Waals surface area contributed by atoms with Crippen LogP contribution < -0.4 is 4.74 Å². The molecule has 2 aromatic carbocycles. The van der Waals surface area contributed by atoms with Crippen LogP contribution in [0.1, 0.15) is 19.8 Å². The molecule has 0 saturated carbocycles. The number of methoxy groups -OCH3 is 1. The van der Waals surface area contributed by atoms with E-state index in [0.29, 0.717) is 10.9 Å². The number of fused-ring (bicyclic) bond motifs is 1. The second-order valence-electron chi connectivity index (χ2n) is 5.17. The van der Waals surface area contributed by atoms with Crippen molar-refractivity contribution in [1.82, 2.24) is 0 Å². The Labute approximate surface area is 123 Å². The van der Waals surface area contributed by atoms with E-state index in [1.807, 2.05) is 13.0 Å². The first-order valence-electron chi connectivity index (χ1n) is 7.17. The molecule has 1 atom stereocenters. The van der Waals surface area contributed by atoms with Crippen LogP contribution in [0.2, 0.25) is 0 Å². The molecule has 1 unspecified atom stereocenters. The van der Waals surface area contributed by atoms with E-state index in [2.05, 4.69) is 30.3 Å². The van der Waals surface area contributed by atoms with Gasteiger partial charge >= 0.3 is 0 Å². The van der Waals surface area contributed by atoms with Crippen LogP contribution in [0, 0.1) is 0 Å². The number of benzene rings is 2. The summed E-state index contributed by atoms with van der Waals surface area (Å²) in [5.74, 6) is 3.58. The highest BCUT2D eigenvalue weighted by atomic mass is 32.2.